The number of oxime groups is 1. The zero-order valence-electron chi connectivity index (χ0n) is 9.91. The average molecular weight is 280 g/mol. The lowest BCUT2D eigenvalue weighted by Gasteiger charge is -2.10. The number of nitrogens with two attached hydrogens (primary N) is 1. The van der Waals surface area contributed by atoms with Gasteiger partial charge in [0.1, 0.15) is 0 Å². The minimum Gasteiger partial charge on any atom is -0.409 e. The highest BCUT2D eigenvalue weighted by Crippen LogP contribution is 2.33. The Morgan fingerprint density at radius 2 is 2.28 bits per heavy atom. The van der Waals surface area contributed by atoms with E-state index < -0.39 is 0 Å². The van der Waals surface area contributed by atoms with Crippen LogP contribution in [0, 0.1) is 13.8 Å². The van der Waals surface area contributed by atoms with Gasteiger partial charge in [-0.3, -0.25) is 4.98 Å². The highest BCUT2D eigenvalue weighted by atomic mass is 32.2. The van der Waals surface area contributed by atoms with Gasteiger partial charge in [0.05, 0.1) is 5.56 Å². The van der Waals surface area contributed by atoms with Gasteiger partial charge in [0.25, 0.3) is 0 Å². The largest absolute Gasteiger partial charge is 0.409 e. The maximum Gasteiger partial charge on any atom is 0.173 e. The van der Waals surface area contributed by atoms with Crippen LogP contribution in [0.5, 0.6) is 0 Å². The van der Waals surface area contributed by atoms with Crippen molar-refractivity contribution in [2.45, 2.75) is 23.1 Å². The first-order valence-electron chi connectivity index (χ1n) is 5.15. The second kappa shape index (κ2) is 5.36. The first-order valence-corrected chi connectivity index (χ1v) is 6.85. The molecule has 0 saturated heterocycles. The summed E-state index contributed by atoms with van der Waals surface area (Å²) in [7, 11) is 0. The van der Waals surface area contributed by atoms with Gasteiger partial charge in [-0.1, -0.05) is 16.9 Å². The fourth-order valence-electron chi connectivity index (χ4n) is 1.59. The summed E-state index contributed by atoms with van der Waals surface area (Å²) in [6, 6.07) is 1.91. The number of amidine groups is 1. The van der Waals surface area contributed by atoms with Crippen molar-refractivity contribution >= 4 is 28.9 Å². The molecule has 0 spiro atoms. The first-order chi connectivity index (χ1) is 8.61. The highest BCUT2D eigenvalue weighted by molar-refractivity contribution is 8.01. The van der Waals surface area contributed by atoms with E-state index in [0.717, 1.165) is 20.6 Å². The molecule has 2 aromatic rings. The molecule has 7 heteroatoms. The number of hydrogen-bond donors (Lipinski definition) is 2. The Morgan fingerprint density at radius 1 is 1.50 bits per heavy atom. The van der Waals surface area contributed by atoms with Crippen LogP contribution in [-0.4, -0.2) is 21.0 Å². The molecule has 94 valence electrons. The van der Waals surface area contributed by atoms with Crippen molar-refractivity contribution in [2.24, 2.45) is 10.9 Å². The second-order valence-corrected chi connectivity index (χ2v) is 5.79. The molecule has 2 aromatic heterocycles. The van der Waals surface area contributed by atoms with Gasteiger partial charge in [0.2, 0.25) is 0 Å². The van der Waals surface area contributed by atoms with Crippen LogP contribution in [0.15, 0.2) is 32.0 Å². The molecule has 0 radical (unpaired) electrons. The third-order valence-corrected chi connectivity index (χ3v) is 4.19. The molecule has 0 atom stereocenters. The van der Waals surface area contributed by atoms with Crippen LogP contribution in [0.3, 0.4) is 0 Å². The van der Waals surface area contributed by atoms with Crippen LogP contribution in [0.4, 0.5) is 0 Å². The lowest BCUT2D eigenvalue weighted by molar-refractivity contribution is 0.318. The summed E-state index contributed by atoms with van der Waals surface area (Å²) in [4.78, 5) is 9.44. The Balaban J connectivity index is 2.50. The summed E-state index contributed by atoms with van der Waals surface area (Å²) >= 11 is 3.03. The van der Waals surface area contributed by atoms with Crippen molar-refractivity contribution in [1.82, 2.24) is 9.97 Å². The quantitative estimate of drug-likeness (QED) is 0.390. The minimum atomic E-state index is 0.0686. The number of rotatable bonds is 3. The highest BCUT2D eigenvalue weighted by Gasteiger charge is 2.14. The van der Waals surface area contributed by atoms with Gasteiger partial charge in [-0.25, -0.2) is 4.98 Å². The van der Waals surface area contributed by atoms with Crippen LogP contribution in [0.25, 0.3) is 0 Å². The zero-order valence-corrected chi connectivity index (χ0v) is 11.5. The molecule has 0 aliphatic heterocycles. The number of aromatic nitrogens is 2. The smallest absolute Gasteiger partial charge is 0.173 e. The summed E-state index contributed by atoms with van der Waals surface area (Å²) in [6.07, 6.45) is 1.75. The van der Waals surface area contributed by atoms with Gasteiger partial charge in [0.15, 0.2) is 10.2 Å². The molecule has 0 saturated carbocycles. The Bertz CT molecular complexity index is 581. The lowest BCUT2D eigenvalue weighted by Crippen LogP contribution is -2.17. The van der Waals surface area contributed by atoms with E-state index in [1.807, 2.05) is 25.3 Å². The molecule has 0 unspecified atom stereocenters. The van der Waals surface area contributed by atoms with Gasteiger partial charge in [0, 0.05) is 27.9 Å². The Kier molecular flexibility index (Phi) is 3.83. The lowest BCUT2D eigenvalue weighted by atomic mass is 10.1. The number of pyridine rings is 1. The monoisotopic (exact) mass is 280 g/mol. The third kappa shape index (κ3) is 2.62. The molecule has 0 amide bonds. The van der Waals surface area contributed by atoms with E-state index in [4.69, 9.17) is 10.9 Å². The Labute approximate surface area is 113 Å². The molecule has 0 bridgehead atoms. The van der Waals surface area contributed by atoms with Gasteiger partial charge in [-0.05, 0) is 19.9 Å². The van der Waals surface area contributed by atoms with E-state index in [-0.39, 0.29) is 5.84 Å². The van der Waals surface area contributed by atoms with E-state index in [1.54, 1.807) is 17.5 Å². The van der Waals surface area contributed by atoms with Crippen LogP contribution in [-0.2, 0) is 0 Å². The van der Waals surface area contributed by atoms with E-state index in [0.29, 0.717) is 5.56 Å². The summed E-state index contributed by atoms with van der Waals surface area (Å²) in [5, 5.41) is 13.8. The fraction of sp³-hybridized carbons (Fsp3) is 0.182. The molecule has 0 aliphatic carbocycles. The minimum absolute atomic E-state index is 0.0686. The van der Waals surface area contributed by atoms with Gasteiger partial charge in [-0.15, -0.1) is 11.3 Å². The molecule has 3 N–H and O–H groups in total. The van der Waals surface area contributed by atoms with E-state index in [2.05, 4.69) is 15.1 Å². The van der Waals surface area contributed by atoms with Crippen molar-refractivity contribution in [2.75, 3.05) is 0 Å². The summed E-state index contributed by atoms with van der Waals surface area (Å²) < 4.78 is 0.909. The van der Waals surface area contributed by atoms with E-state index in [1.165, 1.54) is 11.8 Å². The standard InChI is InChI=1S/C11H12N4OS2/c1-6-5-8(18-11-13-3-4-17-11)9(7(2)14-6)10(12)15-16/h3-5,16H,1-2H3,(H2,12,15). The Hall–Kier alpha value is -1.60. The maximum absolute atomic E-state index is 8.85. The summed E-state index contributed by atoms with van der Waals surface area (Å²) in [5.41, 5.74) is 7.99. The number of nitrogens with zero attached hydrogens (tertiary/aromatic N) is 3. The van der Waals surface area contributed by atoms with Gasteiger partial charge in [-0.2, -0.15) is 0 Å². The first kappa shape index (κ1) is 12.8. The van der Waals surface area contributed by atoms with E-state index >= 15 is 0 Å². The molecule has 0 aromatic carbocycles. The normalized spacial score (nSPS) is 11.8. The molecule has 0 fully saturated rings. The summed E-state index contributed by atoms with van der Waals surface area (Å²) in [5.74, 6) is 0.0686. The molecule has 2 heterocycles. The van der Waals surface area contributed by atoms with E-state index in [9.17, 15) is 0 Å². The molecule has 18 heavy (non-hydrogen) atoms. The number of aryl methyl sites for hydroxylation is 2. The van der Waals surface area contributed by atoms with Crippen molar-refractivity contribution < 1.29 is 5.21 Å². The zero-order chi connectivity index (χ0) is 13.1. The third-order valence-electron chi connectivity index (χ3n) is 2.26. The SMILES string of the molecule is Cc1cc(Sc2nccs2)c(/C(N)=N/O)c(C)n1. The van der Waals surface area contributed by atoms with Crippen LogP contribution < -0.4 is 5.73 Å². The van der Waals surface area contributed by atoms with Crippen LogP contribution in [0.2, 0.25) is 0 Å². The second-order valence-electron chi connectivity index (χ2n) is 3.61. The van der Waals surface area contributed by atoms with Crippen LogP contribution in [0.1, 0.15) is 17.0 Å². The van der Waals surface area contributed by atoms with Crippen molar-refractivity contribution in [3.63, 3.8) is 0 Å². The maximum atomic E-state index is 8.85. The molecular weight excluding hydrogens is 268 g/mol. The topological polar surface area (TPSA) is 84.4 Å². The molecular formula is C11H12N4OS2. The van der Waals surface area contributed by atoms with Crippen molar-refractivity contribution in [3.05, 3.63) is 34.6 Å². The summed E-state index contributed by atoms with van der Waals surface area (Å²) in [6.45, 7) is 3.75. The van der Waals surface area contributed by atoms with Gasteiger partial charge < -0.3 is 10.9 Å². The molecule has 5 nitrogen and oxygen atoms in total. The number of hydrogen-bond acceptors (Lipinski definition) is 6. The van der Waals surface area contributed by atoms with Crippen molar-refractivity contribution in [3.8, 4) is 0 Å². The molecule has 2 rings (SSSR count). The average Bonchev–Trinajstić information content (AvgIpc) is 2.80. The predicted octanol–water partition coefficient (Wildman–Crippen LogP) is 2.40. The van der Waals surface area contributed by atoms with Crippen molar-refractivity contribution in [1.29, 1.82) is 0 Å². The van der Waals surface area contributed by atoms with Gasteiger partial charge >= 0.3 is 0 Å². The Morgan fingerprint density at radius 3 is 2.89 bits per heavy atom. The predicted molar refractivity (Wildman–Crippen MR) is 72.5 cm³/mol. The van der Waals surface area contributed by atoms with Crippen LogP contribution >= 0.6 is 23.1 Å². The fourth-order valence-corrected chi connectivity index (χ4v) is 3.46. The number of thiazole rings is 1. The molecule has 0 aliphatic rings.